The van der Waals surface area contributed by atoms with Crippen LogP contribution in [0, 0.1) is 0 Å². The van der Waals surface area contributed by atoms with Gasteiger partial charge in [0.15, 0.2) is 5.11 Å². The second-order valence-corrected chi connectivity index (χ2v) is 10.1. The maximum absolute atomic E-state index is 10.8. The Morgan fingerprint density at radius 2 is 1.69 bits per heavy atom. The van der Waals surface area contributed by atoms with Gasteiger partial charge in [0.25, 0.3) is 0 Å². The van der Waals surface area contributed by atoms with Crippen molar-refractivity contribution in [2.75, 3.05) is 39.4 Å². The Balaban J connectivity index is 1.99. The number of hydrazone groups is 1. The number of ether oxygens (including phenoxy) is 1. The molecule has 4 N–H and O–H groups in total. The standard InChI is InChI=1S/C22H36N4O2S/c1-21(2,3)17-13-16(14-18(19(17)27)22(4,5)6)15-24-25-20(29)23-7-8-26-9-11-28-12-10-26/h13-15,27H,7-12H2,1-6H3,(H2,23,25,29)/p+1/b24-15+. The molecule has 0 bridgehead atoms. The number of nitrogens with one attached hydrogen (secondary N) is 3. The van der Waals surface area contributed by atoms with Crippen LogP contribution in [-0.4, -0.2) is 55.8 Å². The smallest absolute Gasteiger partial charge is 0.187 e. The van der Waals surface area contributed by atoms with Crippen LogP contribution in [0.4, 0.5) is 0 Å². The lowest BCUT2D eigenvalue weighted by molar-refractivity contribution is -0.906. The molecule has 1 fully saturated rings. The zero-order chi connectivity index (χ0) is 21.7. The maximum Gasteiger partial charge on any atom is 0.187 e. The minimum atomic E-state index is -0.167. The van der Waals surface area contributed by atoms with Crippen LogP contribution < -0.4 is 15.6 Å². The summed E-state index contributed by atoms with van der Waals surface area (Å²) in [5.41, 5.74) is 5.33. The summed E-state index contributed by atoms with van der Waals surface area (Å²) in [5.74, 6) is 0.373. The summed E-state index contributed by atoms with van der Waals surface area (Å²) in [7, 11) is 0. The van der Waals surface area contributed by atoms with Crippen LogP contribution in [0.25, 0.3) is 0 Å². The first kappa shape index (κ1) is 23.6. The first-order valence-corrected chi connectivity index (χ1v) is 10.8. The molecular weight excluding hydrogens is 384 g/mol. The molecule has 0 amide bonds. The molecule has 0 radical (unpaired) electrons. The average molecular weight is 422 g/mol. The number of benzene rings is 1. The van der Waals surface area contributed by atoms with Gasteiger partial charge in [-0.3, -0.25) is 5.43 Å². The topological polar surface area (TPSA) is 70.3 Å². The predicted octanol–water partition coefficient (Wildman–Crippen LogP) is 1.70. The van der Waals surface area contributed by atoms with E-state index < -0.39 is 0 Å². The van der Waals surface area contributed by atoms with Gasteiger partial charge in [0, 0.05) is 11.1 Å². The number of aromatic hydroxyl groups is 1. The highest BCUT2D eigenvalue weighted by Crippen LogP contribution is 2.39. The Morgan fingerprint density at radius 1 is 1.14 bits per heavy atom. The zero-order valence-corrected chi connectivity index (χ0v) is 19.5. The molecule has 162 valence electrons. The van der Waals surface area contributed by atoms with Gasteiger partial charge in [0.05, 0.1) is 32.5 Å². The van der Waals surface area contributed by atoms with Gasteiger partial charge in [-0.25, -0.2) is 0 Å². The van der Waals surface area contributed by atoms with E-state index in [9.17, 15) is 5.11 Å². The van der Waals surface area contributed by atoms with E-state index in [1.54, 1.807) is 6.21 Å². The van der Waals surface area contributed by atoms with Gasteiger partial charge in [-0.05, 0) is 40.7 Å². The summed E-state index contributed by atoms with van der Waals surface area (Å²) >= 11 is 5.32. The van der Waals surface area contributed by atoms with E-state index in [2.05, 4.69) is 57.4 Å². The monoisotopic (exact) mass is 421 g/mol. The molecule has 1 aromatic rings. The molecule has 1 saturated heterocycles. The number of phenols is 1. The molecule has 29 heavy (non-hydrogen) atoms. The quantitative estimate of drug-likeness (QED) is 0.331. The van der Waals surface area contributed by atoms with E-state index >= 15 is 0 Å². The van der Waals surface area contributed by atoms with Crippen molar-refractivity contribution in [1.29, 1.82) is 0 Å². The van der Waals surface area contributed by atoms with Crippen molar-refractivity contribution in [3.8, 4) is 5.75 Å². The Hall–Kier alpha value is -1.70. The van der Waals surface area contributed by atoms with Crippen molar-refractivity contribution < 1.29 is 14.7 Å². The predicted molar refractivity (Wildman–Crippen MR) is 123 cm³/mol. The second kappa shape index (κ2) is 9.87. The van der Waals surface area contributed by atoms with Crippen molar-refractivity contribution in [3.05, 3.63) is 28.8 Å². The molecule has 1 heterocycles. The number of hydrogen-bond donors (Lipinski definition) is 4. The van der Waals surface area contributed by atoms with Crippen molar-refractivity contribution in [3.63, 3.8) is 0 Å². The minimum absolute atomic E-state index is 0.167. The molecule has 0 saturated carbocycles. The lowest BCUT2D eigenvalue weighted by Gasteiger charge is -2.27. The van der Waals surface area contributed by atoms with Crippen LogP contribution in [-0.2, 0) is 15.6 Å². The third kappa shape index (κ3) is 7.24. The lowest BCUT2D eigenvalue weighted by atomic mass is 9.78. The fourth-order valence-corrected chi connectivity index (χ4v) is 3.50. The molecule has 6 nitrogen and oxygen atoms in total. The average Bonchev–Trinajstić information content (AvgIpc) is 2.62. The summed E-state index contributed by atoms with van der Waals surface area (Å²) in [6.45, 7) is 18.2. The summed E-state index contributed by atoms with van der Waals surface area (Å²) in [6, 6.07) is 3.99. The third-order valence-corrected chi connectivity index (χ3v) is 5.33. The Morgan fingerprint density at radius 3 is 2.21 bits per heavy atom. The van der Waals surface area contributed by atoms with Crippen LogP contribution in [0.3, 0.4) is 0 Å². The number of rotatable bonds is 5. The van der Waals surface area contributed by atoms with E-state index in [1.807, 2.05) is 12.1 Å². The highest BCUT2D eigenvalue weighted by atomic mass is 32.1. The Labute approximate surface area is 180 Å². The first-order valence-electron chi connectivity index (χ1n) is 10.3. The van der Waals surface area contributed by atoms with Crippen LogP contribution in [0.2, 0.25) is 0 Å². The molecule has 0 aromatic heterocycles. The fourth-order valence-electron chi connectivity index (χ4n) is 3.34. The fraction of sp³-hybridized carbons (Fsp3) is 0.636. The third-order valence-electron chi connectivity index (χ3n) is 5.09. The van der Waals surface area contributed by atoms with Gasteiger partial charge < -0.3 is 20.1 Å². The summed E-state index contributed by atoms with van der Waals surface area (Å²) in [5, 5.41) is 18.8. The SMILES string of the molecule is CC(C)(C)c1cc(/C=N/NC(=S)NCC[NH+]2CCOCC2)cc(C(C)(C)C)c1O. The summed E-state index contributed by atoms with van der Waals surface area (Å²) in [6.07, 6.45) is 1.76. The van der Waals surface area contributed by atoms with E-state index in [-0.39, 0.29) is 10.8 Å². The van der Waals surface area contributed by atoms with Crippen LogP contribution in [0.5, 0.6) is 5.75 Å². The van der Waals surface area contributed by atoms with Crippen LogP contribution >= 0.6 is 12.2 Å². The maximum atomic E-state index is 10.8. The molecule has 7 heteroatoms. The molecule has 0 atom stereocenters. The van der Waals surface area contributed by atoms with E-state index in [0.29, 0.717) is 10.9 Å². The molecule has 0 aliphatic carbocycles. The number of nitrogens with zero attached hydrogens (tertiary/aromatic N) is 1. The van der Waals surface area contributed by atoms with Crippen molar-refractivity contribution >= 4 is 23.5 Å². The Kier molecular flexibility index (Phi) is 8.02. The normalized spacial score (nSPS) is 16.2. The first-order chi connectivity index (χ1) is 13.5. The molecule has 0 unspecified atom stereocenters. The van der Waals surface area contributed by atoms with Gasteiger partial charge >= 0.3 is 0 Å². The number of thiocarbonyl (C=S) groups is 1. The van der Waals surface area contributed by atoms with E-state index in [1.165, 1.54) is 4.90 Å². The number of hydrogen-bond acceptors (Lipinski definition) is 4. The Bertz CT molecular complexity index is 694. The van der Waals surface area contributed by atoms with Gasteiger partial charge in [0.1, 0.15) is 18.8 Å². The van der Waals surface area contributed by atoms with Crippen molar-refractivity contribution in [2.24, 2.45) is 5.10 Å². The highest BCUT2D eigenvalue weighted by molar-refractivity contribution is 7.80. The molecular formula is C22H37N4O2S+. The summed E-state index contributed by atoms with van der Waals surface area (Å²) < 4.78 is 5.37. The molecule has 1 aromatic carbocycles. The van der Waals surface area contributed by atoms with Gasteiger partial charge in [-0.1, -0.05) is 41.5 Å². The molecule has 2 rings (SSSR count). The largest absolute Gasteiger partial charge is 0.507 e. The van der Waals surface area contributed by atoms with E-state index in [0.717, 1.165) is 56.1 Å². The van der Waals surface area contributed by atoms with Gasteiger partial charge in [-0.2, -0.15) is 5.10 Å². The van der Waals surface area contributed by atoms with E-state index in [4.69, 9.17) is 17.0 Å². The van der Waals surface area contributed by atoms with Crippen molar-refractivity contribution in [1.82, 2.24) is 10.7 Å². The molecule has 1 aliphatic rings. The van der Waals surface area contributed by atoms with Gasteiger partial charge in [0.2, 0.25) is 0 Å². The summed E-state index contributed by atoms with van der Waals surface area (Å²) in [4.78, 5) is 1.53. The zero-order valence-electron chi connectivity index (χ0n) is 18.7. The second-order valence-electron chi connectivity index (χ2n) is 9.70. The number of quaternary nitrogens is 1. The molecule has 1 aliphatic heterocycles. The van der Waals surface area contributed by atoms with Crippen LogP contribution in [0.1, 0.15) is 58.2 Å². The van der Waals surface area contributed by atoms with Gasteiger partial charge in [-0.15, -0.1) is 0 Å². The van der Waals surface area contributed by atoms with Crippen LogP contribution in [0.15, 0.2) is 17.2 Å². The van der Waals surface area contributed by atoms with Crippen molar-refractivity contribution in [2.45, 2.75) is 52.4 Å². The number of morpholine rings is 1. The minimum Gasteiger partial charge on any atom is -0.507 e. The lowest BCUT2D eigenvalue weighted by Crippen LogP contribution is -3.14. The highest BCUT2D eigenvalue weighted by Gasteiger charge is 2.26. The number of phenolic OH excluding ortho intramolecular Hbond substituents is 1. The molecule has 0 spiro atoms.